The molecule has 0 bridgehead atoms. The third-order valence-corrected chi connectivity index (χ3v) is 5.06. The van der Waals surface area contributed by atoms with Crippen molar-refractivity contribution in [1.29, 1.82) is 0 Å². The molecule has 0 unspecified atom stereocenters. The van der Waals surface area contributed by atoms with Gasteiger partial charge in [-0.05, 0) is 43.2 Å². The minimum Gasteiger partial charge on any atom is -0.378 e. The summed E-state index contributed by atoms with van der Waals surface area (Å²) in [7, 11) is 0. The number of aromatic nitrogens is 1. The van der Waals surface area contributed by atoms with Crippen LogP contribution in [0.15, 0.2) is 24.4 Å². The van der Waals surface area contributed by atoms with Gasteiger partial charge in [0.15, 0.2) is 0 Å². The van der Waals surface area contributed by atoms with E-state index in [9.17, 15) is 0 Å². The molecule has 4 nitrogen and oxygen atoms in total. The van der Waals surface area contributed by atoms with E-state index in [1.165, 1.54) is 19.3 Å². The van der Waals surface area contributed by atoms with Gasteiger partial charge in [-0.3, -0.25) is 0 Å². The van der Waals surface area contributed by atoms with E-state index in [0.717, 1.165) is 32.1 Å². The summed E-state index contributed by atoms with van der Waals surface area (Å²) in [6.07, 6.45) is 5.95. The Balaban J connectivity index is 1.43. The zero-order chi connectivity index (χ0) is 15.4. The number of nitrogens with one attached hydrogen (secondary N) is 1. The Morgan fingerprint density at radius 1 is 1.27 bits per heavy atom. The summed E-state index contributed by atoms with van der Waals surface area (Å²) in [5.41, 5.74) is 0. The Kier molecular flexibility index (Phi) is 5.32. The van der Waals surface area contributed by atoms with Gasteiger partial charge in [-0.1, -0.05) is 19.9 Å². The highest BCUT2D eigenvalue weighted by Crippen LogP contribution is 2.26. The van der Waals surface area contributed by atoms with Crippen molar-refractivity contribution in [2.45, 2.75) is 45.3 Å². The number of hydrogen-bond donors (Lipinski definition) is 1. The van der Waals surface area contributed by atoms with Gasteiger partial charge in [-0.2, -0.15) is 0 Å². The van der Waals surface area contributed by atoms with Crippen LogP contribution in [0, 0.1) is 11.8 Å². The predicted octanol–water partition coefficient (Wildman–Crippen LogP) is 2.70. The first-order valence-corrected chi connectivity index (χ1v) is 8.75. The normalized spacial score (nSPS) is 26.8. The molecule has 2 aliphatic rings. The summed E-state index contributed by atoms with van der Waals surface area (Å²) in [5.74, 6) is 2.43. The molecule has 2 fully saturated rings. The second-order valence-corrected chi connectivity index (χ2v) is 6.99. The van der Waals surface area contributed by atoms with E-state index in [2.05, 4.69) is 41.2 Å². The molecule has 0 spiro atoms. The zero-order valence-electron chi connectivity index (χ0n) is 13.9. The van der Waals surface area contributed by atoms with Crippen molar-refractivity contribution in [2.24, 2.45) is 11.8 Å². The van der Waals surface area contributed by atoms with Crippen molar-refractivity contribution < 1.29 is 4.74 Å². The maximum atomic E-state index is 5.89. The fourth-order valence-electron chi connectivity index (χ4n) is 3.78. The third-order valence-electron chi connectivity index (χ3n) is 5.06. The van der Waals surface area contributed by atoms with Crippen molar-refractivity contribution >= 4 is 5.82 Å². The van der Waals surface area contributed by atoms with E-state index in [1.54, 1.807) is 0 Å². The average Bonchev–Trinajstić information content (AvgIpc) is 3.03. The molecule has 2 atom stereocenters. The number of hydrogen-bond acceptors (Lipinski definition) is 4. The Bertz CT molecular complexity index is 443. The van der Waals surface area contributed by atoms with Gasteiger partial charge in [0, 0.05) is 38.5 Å². The lowest BCUT2D eigenvalue weighted by atomic mass is 9.92. The van der Waals surface area contributed by atoms with Gasteiger partial charge in [0.25, 0.3) is 0 Å². The first kappa shape index (κ1) is 15.8. The summed E-state index contributed by atoms with van der Waals surface area (Å²) in [4.78, 5) is 6.85. The zero-order valence-corrected chi connectivity index (χ0v) is 13.9. The fourth-order valence-corrected chi connectivity index (χ4v) is 3.78. The molecule has 3 heterocycles. The standard InChI is InChI=1S/C18H29N3O/c1-14(2)18-15(8-12-22-18)13-20-16-6-10-21(11-7-16)17-5-3-4-9-19-17/h3-5,9,14-16,18,20H,6-8,10-13H2,1-2H3/t15-,18-/m1/s1. The van der Waals surface area contributed by atoms with Crippen LogP contribution in [-0.2, 0) is 4.74 Å². The maximum absolute atomic E-state index is 5.89. The van der Waals surface area contributed by atoms with Gasteiger partial charge in [-0.15, -0.1) is 0 Å². The van der Waals surface area contributed by atoms with Gasteiger partial charge in [-0.25, -0.2) is 4.98 Å². The fraction of sp³-hybridized carbons (Fsp3) is 0.722. The van der Waals surface area contributed by atoms with Crippen LogP contribution in [0.4, 0.5) is 5.82 Å². The van der Waals surface area contributed by atoms with Crippen LogP contribution in [-0.4, -0.2) is 43.4 Å². The number of rotatable bonds is 5. The van der Waals surface area contributed by atoms with Gasteiger partial charge in [0.05, 0.1) is 6.10 Å². The molecule has 4 heteroatoms. The van der Waals surface area contributed by atoms with E-state index in [0.29, 0.717) is 24.0 Å². The number of nitrogens with zero attached hydrogens (tertiary/aromatic N) is 2. The molecule has 22 heavy (non-hydrogen) atoms. The summed E-state index contributed by atoms with van der Waals surface area (Å²) in [6.45, 7) is 8.79. The molecule has 1 aromatic rings. The first-order valence-electron chi connectivity index (χ1n) is 8.75. The van der Waals surface area contributed by atoms with Crippen molar-refractivity contribution in [3.05, 3.63) is 24.4 Å². The number of anilines is 1. The lowest BCUT2D eigenvalue weighted by Crippen LogP contribution is -2.45. The molecule has 0 radical (unpaired) electrons. The summed E-state index contributed by atoms with van der Waals surface area (Å²) in [5, 5.41) is 3.79. The second-order valence-electron chi connectivity index (χ2n) is 6.99. The van der Waals surface area contributed by atoms with Crippen LogP contribution in [0.1, 0.15) is 33.1 Å². The Morgan fingerprint density at radius 2 is 2.09 bits per heavy atom. The SMILES string of the molecule is CC(C)[C@H]1OCC[C@@H]1CNC1CCN(c2ccccn2)CC1. The molecular formula is C18H29N3O. The van der Waals surface area contributed by atoms with Gasteiger partial charge < -0.3 is 15.0 Å². The Hall–Kier alpha value is -1.13. The summed E-state index contributed by atoms with van der Waals surface area (Å²) < 4.78 is 5.89. The van der Waals surface area contributed by atoms with E-state index >= 15 is 0 Å². The summed E-state index contributed by atoms with van der Waals surface area (Å²) >= 11 is 0. The van der Waals surface area contributed by atoms with Crippen molar-refractivity contribution in [1.82, 2.24) is 10.3 Å². The third kappa shape index (κ3) is 3.79. The molecule has 0 amide bonds. The molecule has 1 aromatic heterocycles. The van der Waals surface area contributed by atoms with Crippen molar-refractivity contribution in [3.63, 3.8) is 0 Å². The molecule has 0 aromatic carbocycles. The van der Waals surface area contributed by atoms with Crippen molar-refractivity contribution in [3.8, 4) is 0 Å². The largest absolute Gasteiger partial charge is 0.378 e. The van der Waals surface area contributed by atoms with Crippen LogP contribution >= 0.6 is 0 Å². The minimum absolute atomic E-state index is 0.445. The number of pyridine rings is 1. The monoisotopic (exact) mass is 303 g/mol. The quantitative estimate of drug-likeness (QED) is 0.907. The lowest BCUT2D eigenvalue weighted by Gasteiger charge is -2.34. The summed E-state index contributed by atoms with van der Waals surface area (Å²) in [6, 6.07) is 6.80. The van der Waals surface area contributed by atoms with Crippen LogP contribution in [0.2, 0.25) is 0 Å². The van der Waals surface area contributed by atoms with Crippen molar-refractivity contribution in [2.75, 3.05) is 31.1 Å². The smallest absolute Gasteiger partial charge is 0.128 e. The van der Waals surface area contributed by atoms with Crippen LogP contribution in [0.25, 0.3) is 0 Å². The second kappa shape index (κ2) is 7.42. The molecule has 2 saturated heterocycles. The van der Waals surface area contributed by atoms with Gasteiger partial charge in [0.1, 0.15) is 5.82 Å². The molecule has 0 saturated carbocycles. The van der Waals surface area contributed by atoms with E-state index < -0.39 is 0 Å². The lowest BCUT2D eigenvalue weighted by molar-refractivity contribution is 0.0532. The number of piperidine rings is 1. The van der Waals surface area contributed by atoms with Crippen LogP contribution < -0.4 is 10.2 Å². The maximum Gasteiger partial charge on any atom is 0.128 e. The minimum atomic E-state index is 0.445. The highest BCUT2D eigenvalue weighted by atomic mass is 16.5. The topological polar surface area (TPSA) is 37.4 Å². The Labute approximate surface area is 134 Å². The van der Waals surface area contributed by atoms with E-state index in [1.807, 2.05) is 12.3 Å². The first-order chi connectivity index (χ1) is 10.7. The van der Waals surface area contributed by atoms with Gasteiger partial charge >= 0.3 is 0 Å². The highest BCUT2D eigenvalue weighted by Gasteiger charge is 2.31. The number of ether oxygens (including phenoxy) is 1. The van der Waals surface area contributed by atoms with Gasteiger partial charge in [0.2, 0.25) is 0 Å². The average molecular weight is 303 g/mol. The van der Waals surface area contributed by atoms with Crippen LogP contribution in [0.5, 0.6) is 0 Å². The Morgan fingerprint density at radius 3 is 2.77 bits per heavy atom. The van der Waals surface area contributed by atoms with E-state index in [-0.39, 0.29) is 0 Å². The molecule has 0 aliphatic carbocycles. The molecule has 3 rings (SSSR count). The molecule has 1 N–H and O–H groups in total. The van der Waals surface area contributed by atoms with Crippen LogP contribution in [0.3, 0.4) is 0 Å². The van der Waals surface area contributed by atoms with E-state index in [4.69, 9.17) is 4.74 Å². The highest BCUT2D eigenvalue weighted by molar-refractivity contribution is 5.38. The molecule has 122 valence electrons. The molecule has 2 aliphatic heterocycles. The predicted molar refractivity (Wildman–Crippen MR) is 90.2 cm³/mol. The molecular weight excluding hydrogens is 274 g/mol.